The van der Waals surface area contributed by atoms with Crippen molar-refractivity contribution in [2.75, 3.05) is 0 Å². The summed E-state index contributed by atoms with van der Waals surface area (Å²) in [6, 6.07) is 15.6. The van der Waals surface area contributed by atoms with Gasteiger partial charge in [0.1, 0.15) is 0 Å². The number of carbonyl (C=O) groups excluding carboxylic acids is 1. The molecule has 0 atom stereocenters. The van der Waals surface area contributed by atoms with E-state index in [0.717, 1.165) is 16.5 Å². The monoisotopic (exact) mass is 316 g/mol. The number of para-hydroxylation sites is 1. The van der Waals surface area contributed by atoms with E-state index in [9.17, 15) is 14.9 Å². The molecule has 1 aliphatic carbocycles. The highest BCUT2D eigenvalue weighted by Crippen LogP contribution is 2.38. The lowest BCUT2D eigenvalue weighted by Crippen LogP contribution is -1.99. The van der Waals surface area contributed by atoms with E-state index in [-0.39, 0.29) is 11.5 Å². The molecule has 5 heteroatoms. The highest BCUT2D eigenvalue weighted by atomic mass is 16.6. The second kappa shape index (κ2) is 5.09. The molecule has 0 N–H and O–H groups in total. The van der Waals surface area contributed by atoms with E-state index in [1.54, 1.807) is 12.1 Å². The molecule has 5 nitrogen and oxygen atoms in total. The maximum atomic E-state index is 12.8. The average Bonchev–Trinajstić information content (AvgIpc) is 2.84. The molecular formula is C19H12N2O3. The van der Waals surface area contributed by atoms with Crippen LogP contribution in [-0.4, -0.2) is 15.7 Å². The SMILES string of the molecule is CC1=C(c2ccc([N+](=O)[O-])cc2)C(=O)c2cc3ccccc3nc21. The quantitative estimate of drug-likeness (QED) is 0.523. The Bertz CT molecular complexity index is 1050. The number of aromatic nitrogens is 1. The number of pyridine rings is 1. The number of hydrogen-bond donors (Lipinski definition) is 0. The van der Waals surface area contributed by atoms with Gasteiger partial charge in [0.05, 0.1) is 16.1 Å². The van der Waals surface area contributed by atoms with E-state index >= 15 is 0 Å². The number of allylic oxidation sites excluding steroid dienone is 2. The molecule has 0 spiro atoms. The molecule has 0 fully saturated rings. The normalized spacial score (nSPS) is 13.5. The molecule has 24 heavy (non-hydrogen) atoms. The fourth-order valence-electron chi connectivity index (χ4n) is 3.10. The molecule has 0 saturated heterocycles. The van der Waals surface area contributed by atoms with Gasteiger partial charge in [0.25, 0.3) is 5.69 Å². The van der Waals surface area contributed by atoms with Crippen LogP contribution in [0.2, 0.25) is 0 Å². The van der Waals surface area contributed by atoms with E-state index in [1.165, 1.54) is 12.1 Å². The van der Waals surface area contributed by atoms with E-state index in [1.807, 2.05) is 37.3 Å². The predicted molar refractivity (Wildman–Crippen MR) is 91.7 cm³/mol. The standard InChI is InChI=1S/C19H12N2O3/c1-11-17(12-6-8-14(9-7-12)21(23)24)19(22)15-10-13-4-2-3-5-16(13)20-18(11)15/h2-10H,1H3. The number of Topliss-reactive ketones (excluding diaryl/α,β-unsaturated/α-hetero) is 1. The molecule has 1 aromatic heterocycles. The highest BCUT2D eigenvalue weighted by molar-refractivity contribution is 6.39. The first-order chi connectivity index (χ1) is 11.6. The van der Waals surface area contributed by atoms with E-state index < -0.39 is 4.92 Å². The zero-order valence-corrected chi connectivity index (χ0v) is 12.8. The van der Waals surface area contributed by atoms with Gasteiger partial charge in [-0.25, -0.2) is 4.98 Å². The van der Waals surface area contributed by atoms with E-state index in [2.05, 4.69) is 4.98 Å². The molecule has 2 aromatic carbocycles. The smallest absolute Gasteiger partial charge is 0.269 e. The molecule has 4 rings (SSSR count). The first-order valence-electron chi connectivity index (χ1n) is 7.47. The minimum absolute atomic E-state index is 0.00354. The predicted octanol–water partition coefficient (Wildman–Crippen LogP) is 4.27. The van der Waals surface area contributed by atoms with Crippen molar-refractivity contribution in [3.8, 4) is 0 Å². The van der Waals surface area contributed by atoms with Crippen molar-refractivity contribution in [2.24, 2.45) is 0 Å². The van der Waals surface area contributed by atoms with Gasteiger partial charge in [-0.3, -0.25) is 14.9 Å². The van der Waals surface area contributed by atoms with Crippen LogP contribution in [0.1, 0.15) is 28.5 Å². The summed E-state index contributed by atoms with van der Waals surface area (Å²) in [6.45, 7) is 1.86. The Morgan fingerprint density at radius 1 is 1.04 bits per heavy atom. The van der Waals surface area contributed by atoms with Gasteiger partial charge in [0, 0.05) is 28.7 Å². The molecule has 1 aliphatic rings. The summed E-state index contributed by atoms with van der Waals surface area (Å²) < 4.78 is 0. The number of rotatable bonds is 2. The summed E-state index contributed by atoms with van der Waals surface area (Å²) in [5.41, 5.74) is 4.14. The number of ketones is 1. The van der Waals surface area contributed by atoms with Crippen molar-refractivity contribution < 1.29 is 9.72 Å². The summed E-state index contributed by atoms with van der Waals surface area (Å²) >= 11 is 0. The lowest BCUT2D eigenvalue weighted by molar-refractivity contribution is -0.384. The summed E-state index contributed by atoms with van der Waals surface area (Å²) in [4.78, 5) is 27.8. The number of hydrogen-bond acceptors (Lipinski definition) is 4. The van der Waals surface area contributed by atoms with Gasteiger partial charge in [-0.2, -0.15) is 0 Å². The van der Waals surface area contributed by atoms with Crippen molar-refractivity contribution in [2.45, 2.75) is 6.92 Å². The van der Waals surface area contributed by atoms with Crippen molar-refractivity contribution >= 4 is 33.5 Å². The number of fused-ring (bicyclic) bond motifs is 2. The zero-order chi connectivity index (χ0) is 16.8. The van der Waals surface area contributed by atoms with E-state index in [4.69, 9.17) is 0 Å². The minimum Gasteiger partial charge on any atom is -0.288 e. The van der Waals surface area contributed by atoms with Crippen LogP contribution >= 0.6 is 0 Å². The second-order valence-corrected chi connectivity index (χ2v) is 5.71. The van der Waals surface area contributed by atoms with Gasteiger partial charge in [0.15, 0.2) is 5.78 Å². The maximum Gasteiger partial charge on any atom is 0.269 e. The number of nitro benzene ring substituents is 1. The molecular weight excluding hydrogens is 304 g/mol. The molecule has 0 radical (unpaired) electrons. The van der Waals surface area contributed by atoms with Gasteiger partial charge >= 0.3 is 0 Å². The molecule has 116 valence electrons. The largest absolute Gasteiger partial charge is 0.288 e. The van der Waals surface area contributed by atoms with Crippen LogP contribution in [0.5, 0.6) is 0 Å². The number of nitro groups is 1. The summed E-state index contributed by atoms with van der Waals surface area (Å²) in [5, 5.41) is 11.7. The van der Waals surface area contributed by atoms with Crippen LogP contribution < -0.4 is 0 Å². The summed E-state index contributed by atoms with van der Waals surface area (Å²) in [5.74, 6) is -0.0883. The Morgan fingerprint density at radius 2 is 1.75 bits per heavy atom. The van der Waals surface area contributed by atoms with Gasteiger partial charge in [-0.1, -0.05) is 18.2 Å². The first kappa shape index (κ1) is 14.3. The Labute approximate surface area is 137 Å². The molecule has 0 unspecified atom stereocenters. The van der Waals surface area contributed by atoms with Crippen molar-refractivity contribution in [3.05, 3.63) is 81.5 Å². The number of carbonyl (C=O) groups is 1. The van der Waals surface area contributed by atoms with Gasteiger partial charge in [0.2, 0.25) is 0 Å². The lowest BCUT2D eigenvalue weighted by atomic mass is 10.00. The maximum absolute atomic E-state index is 12.8. The van der Waals surface area contributed by atoms with Crippen molar-refractivity contribution in [1.29, 1.82) is 0 Å². The van der Waals surface area contributed by atoms with Crippen molar-refractivity contribution in [1.82, 2.24) is 4.98 Å². The topological polar surface area (TPSA) is 73.1 Å². The Hall–Kier alpha value is -3.34. The molecule has 1 heterocycles. The lowest BCUT2D eigenvalue weighted by Gasteiger charge is -2.02. The molecule has 0 aliphatic heterocycles. The molecule has 0 amide bonds. The average molecular weight is 316 g/mol. The van der Waals surface area contributed by atoms with Gasteiger partial charge in [-0.15, -0.1) is 0 Å². The third-order valence-electron chi connectivity index (χ3n) is 4.29. The third-order valence-corrected chi connectivity index (χ3v) is 4.29. The van der Waals surface area contributed by atoms with Crippen LogP contribution in [0.15, 0.2) is 54.6 Å². The van der Waals surface area contributed by atoms with Gasteiger partial charge < -0.3 is 0 Å². The summed E-state index contributed by atoms with van der Waals surface area (Å²) in [6.07, 6.45) is 0. The number of non-ortho nitro benzene ring substituents is 1. The van der Waals surface area contributed by atoms with Crippen molar-refractivity contribution in [3.63, 3.8) is 0 Å². The van der Waals surface area contributed by atoms with Crippen LogP contribution in [-0.2, 0) is 0 Å². The molecule has 3 aromatic rings. The fraction of sp³-hybridized carbons (Fsp3) is 0.0526. The van der Waals surface area contributed by atoms with Crippen LogP contribution in [0.25, 0.3) is 22.0 Å². The summed E-state index contributed by atoms with van der Waals surface area (Å²) in [7, 11) is 0. The Balaban J connectivity index is 1.87. The second-order valence-electron chi connectivity index (χ2n) is 5.71. The minimum atomic E-state index is -0.454. The molecule has 0 saturated carbocycles. The number of nitrogens with zero attached hydrogens (tertiary/aromatic N) is 2. The van der Waals surface area contributed by atoms with E-state index in [0.29, 0.717) is 22.4 Å². The zero-order valence-electron chi connectivity index (χ0n) is 12.8. The van der Waals surface area contributed by atoms with Crippen LogP contribution in [0.4, 0.5) is 5.69 Å². The Morgan fingerprint density at radius 3 is 2.46 bits per heavy atom. The van der Waals surface area contributed by atoms with Crippen LogP contribution in [0.3, 0.4) is 0 Å². The molecule has 0 bridgehead atoms. The van der Waals surface area contributed by atoms with Gasteiger partial charge in [-0.05, 0) is 42.3 Å². The van der Waals surface area contributed by atoms with Crippen LogP contribution in [0, 0.1) is 10.1 Å². The highest BCUT2D eigenvalue weighted by Gasteiger charge is 2.30. The fourth-order valence-corrected chi connectivity index (χ4v) is 3.10. The first-order valence-corrected chi connectivity index (χ1v) is 7.47. The number of benzene rings is 2. The third kappa shape index (κ3) is 2.02. The Kier molecular flexibility index (Phi) is 3.03.